The first kappa shape index (κ1) is 58.0. The number of piperazine rings is 2. The molecule has 2 aromatic heterocycles. The smallest absolute Gasteiger partial charge is 0.383 e. The number of alkyl halides is 3. The van der Waals surface area contributed by atoms with Gasteiger partial charge in [-0.1, -0.05) is 38.1 Å². The van der Waals surface area contributed by atoms with E-state index < -0.39 is 27.4 Å². The number of methoxy groups -OCH3 is 1. The Morgan fingerprint density at radius 2 is 1.62 bits per heavy atom. The number of halogens is 4. The van der Waals surface area contributed by atoms with Crippen LogP contribution in [0.1, 0.15) is 54.4 Å². The SMILES string of the molecule is COC[C@H]1CN[C@H](C)CN1CC(=O)N1CC(C)(C)c2nc(CN3CCN(CCOCCOCC(=O)Nc4ccc(Nc5ncc(C(F)(F)F)c(NCc6cccc(S(C)(=O)=O)c6)n5)cc4)CC3)c(Cc3ccc(F)cc3)cc21. The molecule has 3 aliphatic rings. The van der Waals surface area contributed by atoms with Crippen molar-refractivity contribution in [3.8, 4) is 0 Å². The van der Waals surface area contributed by atoms with Crippen molar-refractivity contribution < 1.29 is 49.8 Å². The molecular formula is C55H69F4N11O7S. The fourth-order valence-electron chi connectivity index (χ4n) is 9.80. The summed E-state index contributed by atoms with van der Waals surface area (Å²) in [5, 5.41) is 11.8. The second-order valence-electron chi connectivity index (χ2n) is 20.7. The lowest BCUT2D eigenvalue weighted by Crippen LogP contribution is -2.59. The Labute approximate surface area is 453 Å². The van der Waals surface area contributed by atoms with Crippen LogP contribution in [0, 0.1) is 5.82 Å². The molecule has 2 amide bonds. The van der Waals surface area contributed by atoms with Crippen LogP contribution in [0.2, 0.25) is 0 Å². The molecule has 0 bridgehead atoms. The molecule has 5 aromatic rings. The standard InChI is InChI=1S/C55H69F4N11O7S/c1-37-31-69(44(29-60-37)34-75-4)33-50(72)70-36-54(2,3)51-48(70)27-40(25-38-9-11-41(56)12-10-38)47(65-51)32-68-19-17-67(18-20-68)21-22-76-23-24-77-35-49(71)63-42-13-15-43(16-14-42)64-53-62-30-46(55(57,58)59)52(66-53)61-28-39-7-6-8-45(26-39)78(5,73)74/h6-16,26-27,30,37,44,60H,17-25,28-29,31-36H2,1-5H3,(H,63,71)(H2,61,62,64,66)/t37-,44-/m1/s1. The average Bonchev–Trinajstić information content (AvgIpc) is 3.75. The highest BCUT2D eigenvalue weighted by molar-refractivity contribution is 7.90. The Hall–Kier alpha value is -6.18. The number of carbonyl (C=O) groups is 2. The molecule has 420 valence electrons. The van der Waals surface area contributed by atoms with Gasteiger partial charge in [-0.2, -0.15) is 18.2 Å². The van der Waals surface area contributed by atoms with Crippen LogP contribution in [-0.4, -0.2) is 167 Å². The molecular weight excluding hydrogens is 1030 g/mol. The first-order valence-corrected chi connectivity index (χ1v) is 27.9. The number of pyridine rings is 1. The maximum Gasteiger partial charge on any atom is 0.421 e. The number of nitrogens with one attached hydrogen (secondary N) is 4. The van der Waals surface area contributed by atoms with Gasteiger partial charge >= 0.3 is 6.18 Å². The topological polar surface area (TPSA) is 196 Å². The summed E-state index contributed by atoms with van der Waals surface area (Å²) < 4.78 is 96.3. The minimum absolute atomic E-state index is 0.0379. The lowest BCUT2D eigenvalue weighted by Gasteiger charge is -2.39. The molecule has 23 heteroatoms. The Kier molecular flexibility index (Phi) is 19.1. The third-order valence-electron chi connectivity index (χ3n) is 14.0. The van der Waals surface area contributed by atoms with Gasteiger partial charge in [0.05, 0.1) is 54.9 Å². The van der Waals surface area contributed by atoms with E-state index in [1.54, 1.807) is 49.6 Å². The van der Waals surface area contributed by atoms with Gasteiger partial charge in [0.1, 0.15) is 23.8 Å². The Morgan fingerprint density at radius 1 is 0.897 bits per heavy atom. The van der Waals surface area contributed by atoms with Crippen molar-refractivity contribution in [2.75, 3.05) is 126 Å². The molecule has 0 aliphatic carbocycles. The summed E-state index contributed by atoms with van der Waals surface area (Å²) in [7, 11) is -1.83. The highest BCUT2D eigenvalue weighted by Gasteiger charge is 2.42. The van der Waals surface area contributed by atoms with Crippen LogP contribution in [-0.2, 0) is 64.7 Å². The maximum absolute atomic E-state index is 14.2. The summed E-state index contributed by atoms with van der Waals surface area (Å²) in [6, 6.07) is 21.3. The van der Waals surface area contributed by atoms with E-state index in [1.165, 1.54) is 30.3 Å². The summed E-state index contributed by atoms with van der Waals surface area (Å²) in [4.78, 5) is 49.0. The van der Waals surface area contributed by atoms with Crippen LogP contribution in [0.15, 0.2) is 90.0 Å². The molecule has 2 atom stereocenters. The summed E-state index contributed by atoms with van der Waals surface area (Å²) >= 11 is 0. The predicted octanol–water partition coefficient (Wildman–Crippen LogP) is 6.10. The molecule has 18 nitrogen and oxygen atoms in total. The van der Waals surface area contributed by atoms with Gasteiger partial charge in [-0.15, -0.1) is 0 Å². The summed E-state index contributed by atoms with van der Waals surface area (Å²) in [6.07, 6.45) is -2.50. The third-order valence-corrected chi connectivity index (χ3v) is 15.1. The first-order chi connectivity index (χ1) is 37.2. The number of amides is 2. The number of nitrogens with zero attached hydrogens (tertiary/aromatic N) is 7. The van der Waals surface area contributed by atoms with Crippen molar-refractivity contribution in [3.05, 3.63) is 125 Å². The maximum atomic E-state index is 14.2. The highest BCUT2D eigenvalue weighted by Crippen LogP contribution is 2.41. The third kappa shape index (κ3) is 15.8. The monoisotopic (exact) mass is 1100 g/mol. The number of rotatable bonds is 23. The van der Waals surface area contributed by atoms with Crippen LogP contribution < -0.4 is 26.2 Å². The fraction of sp³-hybridized carbons (Fsp3) is 0.473. The summed E-state index contributed by atoms with van der Waals surface area (Å²) in [5.41, 5.74) is 4.58. The van der Waals surface area contributed by atoms with Gasteiger partial charge in [-0.05, 0) is 84.6 Å². The van der Waals surface area contributed by atoms with Crippen molar-refractivity contribution in [2.45, 2.75) is 68.9 Å². The lowest BCUT2D eigenvalue weighted by atomic mass is 9.90. The molecule has 0 saturated carbocycles. The Bertz CT molecular complexity index is 2970. The zero-order chi connectivity index (χ0) is 55.6. The van der Waals surface area contributed by atoms with Gasteiger partial charge in [0.2, 0.25) is 17.8 Å². The molecule has 2 fully saturated rings. The minimum Gasteiger partial charge on any atom is -0.383 e. The van der Waals surface area contributed by atoms with Crippen LogP contribution in [0.25, 0.3) is 0 Å². The van der Waals surface area contributed by atoms with Crippen LogP contribution in [0.5, 0.6) is 0 Å². The van der Waals surface area contributed by atoms with Gasteiger partial charge in [-0.25, -0.2) is 17.8 Å². The van der Waals surface area contributed by atoms with Gasteiger partial charge in [0, 0.05) is 114 Å². The molecule has 3 aliphatic heterocycles. The predicted molar refractivity (Wildman–Crippen MR) is 289 cm³/mol. The quantitative estimate of drug-likeness (QED) is 0.0432. The number of anilines is 5. The van der Waals surface area contributed by atoms with Crippen molar-refractivity contribution in [1.82, 2.24) is 35.0 Å². The highest BCUT2D eigenvalue weighted by atomic mass is 32.2. The molecule has 3 aromatic carbocycles. The van der Waals surface area contributed by atoms with E-state index in [-0.39, 0.29) is 72.3 Å². The van der Waals surface area contributed by atoms with Gasteiger partial charge < -0.3 is 40.4 Å². The van der Waals surface area contributed by atoms with Gasteiger partial charge in [0.25, 0.3) is 0 Å². The molecule has 0 spiro atoms. The Balaban J connectivity index is 0.761. The summed E-state index contributed by atoms with van der Waals surface area (Å²) in [6.45, 7) is 14.6. The molecule has 4 N–H and O–H groups in total. The zero-order valence-electron chi connectivity index (χ0n) is 44.7. The second-order valence-corrected chi connectivity index (χ2v) is 22.8. The molecule has 8 rings (SSSR count). The number of hydrogen-bond donors (Lipinski definition) is 4. The van der Waals surface area contributed by atoms with E-state index in [1.807, 2.05) is 4.90 Å². The van der Waals surface area contributed by atoms with E-state index in [9.17, 15) is 35.6 Å². The second kappa shape index (κ2) is 25.7. The van der Waals surface area contributed by atoms with Crippen molar-refractivity contribution >= 4 is 50.5 Å². The molecule has 2 saturated heterocycles. The first-order valence-electron chi connectivity index (χ1n) is 26.0. The van der Waals surface area contributed by atoms with E-state index in [0.717, 1.165) is 80.3 Å². The number of sulfone groups is 1. The molecule has 5 heterocycles. The number of fused-ring (bicyclic) bond motifs is 1. The van der Waals surface area contributed by atoms with Gasteiger partial charge in [0.15, 0.2) is 9.84 Å². The molecule has 0 radical (unpaired) electrons. The number of carbonyl (C=O) groups excluding carboxylic acids is 2. The van der Waals surface area contributed by atoms with E-state index in [2.05, 4.69) is 72.8 Å². The Morgan fingerprint density at radius 3 is 2.33 bits per heavy atom. The van der Waals surface area contributed by atoms with Crippen LogP contribution >= 0.6 is 0 Å². The number of benzene rings is 3. The van der Waals surface area contributed by atoms with E-state index in [0.29, 0.717) is 62.5 Å². The van der Waals surface area contributed by atoms with Crippen LogP contribution in [0.4, 0.5) is 46.4 Å². The minimum atomic E-state index is -4.76. The number of hydrogen-bond acceptors (Lipinski definition) is 16. The van der Waals surface area contributed by atoms with Crippen molar-refractivity contribution in [2.24, 2.45) is 0 Å². The van der Waals surface area contributed by atoms with E-state index >= 15 is 0 Å². The number of aromatic nitrogens is 3. The van der Waals surface area contributed by atoms with Crippen LogP contribution in [0.3, 0.4) is 0 Å². The molecule has 0 unspecified atom stereocenters. The van der Waals surface area contributed by atoms with Crippen molar-refractivity contribution in [1.29, 1.82) is 0 Å². The fourth-order valence-corrected chi connectivity index (χ4v) is 10.5. The number of ether oxygens (including phenoxy) is 3. The molecule has 78 heavy (non-hydrogen) atoms. The summed E-state index contributed by atoms with van der Waals surface area (Å²) in [5.74, 6) is -1.26. The lowest BCUT2D eigenvalue weighted by molar-refractivity contribution is -0.137. The van der Waals surface area contributed by atoms with Crippen molar-refractivity contribution in [3.63, 3.8) is 0 Å². The normalized spacial score (nSPS) is 18.2. The van der Waals surface area contributed by atoms with Gasteiger partial charge in [-0.3, -0.25) is 29.3 Å². The van der Waals surface area contributed by atoms with E-state index in [4.69, 9.17) is 19.2 Å². The largest absolute Gasteiger partial charge is 0.421 e. The zero-order valence-corrected chi connectivity index (χ0v) is 45.5. The average molecular weight is 1100 g/mol.